The summed E-state index contributed by atoms with van der Waals surface area (Å²) in [6.45, 7) is 2.12. The van der Waals surface area contributed by atoms with Gasteiger partial charge < -0.3 is 4.74 Å². The molecule has 2 rings (SSSR count). The molecule has 18 heavy (non-hydrogen) atoms. The summed E-state index contributed by atoms with van der Waals surface area (Å²) < 4.78 is 4.65. The summed E-state index contributed by atoms with van der Waals surface area (Å²) in [5.74, 6) is -0.131. The molecule has 0 radical (unpaired) electrons. The van der Waals surface area contributed by atoms with Gasteiger partial charge in [0, 0.05) is 6.42 Å². The first-order valence-electron chi connectivity index (χ1n) is 6.26. The highest BCUT2D eigenvalue weighted by Gasteiger charge is 2.04. The van der Waals surface area contributed by atoms with Crippen molar-refractivity contribution in [2.45, 2.75) is 26.2 Å². The third-order valence-corrected chi connectivity index (χ3v) is 3.26. The number of ether oxygens (including phenoxy) is 1. The monoisotopic (exact) mass is 242 g/mol. The van der Waals surface area contributed by atoms with Crippen LogP contribution in [0.25, 0.3) is 10.8 Å². The van der Waals surface area contributed by atoms with Gasteiger partial charge in [-0.25, -0.2) is 0 Å². The molecule has 0 aliphatic heterocycles. The Hall–Kier alpha value is -1.83. The van der Waals surface area contributed by atoms with E-state index in [1.54, 1.807) is 0 Å². The van der Waals surface area contributed by atoms with Gasteiger partial charge >= 0.3 is 5.97 Å². The van der Waals surface area contributed by atoms with Gasteiger partial charge in [0.05, 0.1) is 7.11 Å². The first-order chi connectivity index (χ1) is 8.70. The highest BCUT2D eigenvalue weighted by Crippen LogP contribution is 2.21. The average Bonchev–Trinajstić information content (AvgIpc) is 2.39. The first-order valence-corrected chi connectivity index (χ1v) is 6.26. The average molecular weight is 242 g/mol. The van der Waals surface area contributed by atoms with Gasteiger partial charge in [0.15, 0.2) is 0 Å². The summed E-state index contributed by atoms with van der Waals surface area (Å²) in [6, 6.07) is 12.8. The van der Waals surface area contributed by atoms with E-state index in [1.807, 2.05) is 0 Å². The molecule has 2 aromatic carbocycles. The van der Waals surface area contributed by atoms with Crippen LogP contribution in [-0.4, -0.2) is 13.1 Å². The van der Waals surface area contributed by atoms with Crippen LogP contribution in [0.1, 0.15) is 24.0 Å². The van der Waals surface area contributed by atoms with Gasteiger partial charge in [0.2, 0.25) is 0 Å². The van der Waals surface area contributed by atoms with Crippen molar-refractivity contribution in [3.8, 4) is 0 Å². The van der Waals surface area contributed by atoms with Crippen molar-refractivity contribution in [1.82, 2.24) is 0 Å². The molecule has 94 valence electrons. The van der Waals surface area contributed by atoms with Crippen LogP contribution < -0.4 is 0 Å². The second-order valence-corrected chi connectivity index (χ2v) is 4.56. The molecule has 0 saturated heterocycles. The number of aryl methyl sites for hydroxylation is 2. The summed E-state index contributed by atoms with van der Waals surface area (Å²) in [5, 5.41) is 2.53. The molecule has 0 aliphatic rings. The fourth-order valence-electron chi connectivity index (χ4n) is 2.20. The van der Waals surface area contributed by atoms with Crippen LogP contribution in [0.15, 0.2) is 36.4 Å². The van der Waals surface area contributed by atoms with Crippen molar-refractivity contribution in [2.24, 2.45) is 0 Å². The van der Waals surface area contributed by atoms with Gasteiger partial charge in [-0.05, 0) is 41.7 Å². The SMILES string of the molecule is COC(=O)CCCc1cc2ccccc2cc1C. The van der Waals surface area contributed by atoms with Gasteiger partial charge in [-0.15, -0.1) is 0 Å². The standard InChI is InChI=1S/C16H18O2/c1-12-10-14-6-3-4-7-15(14)11-13(12)8-5-9-16(17)18-2/h3-4,6-7,10-11H,5,8-9H2,1-2H3. The second-order valence-electron chi connectivity index (χ2n) is 4.56. The molecule has 0 spiro atoms. The molecule has 0 atom stereocenters. The van der Waals surface area contributed by atoms with Crippen molar-refractivity contribution in [1.29, 1.82) is 0 Å². The Morgan fingerprint density at radius 1 is 1.17 bits per heavy atom. The molecular formula is C16H18O2. The summed E-state index contributed by atoms with van der Waals surface area (Å²) in [5.41, 5.74) is 2.61. The molecule has 2 aromatic rings. The lowest BCUT2D eigenvalue weighted by Gasteiger charge is -2.08. The highest BCUT2D eigenvalue weighted by atomic mass is 16.5. The third kappa shape index (κ3) is 2.89. The van der Waals surface area contributed by atoms with Gasteiger partial charge in [-0.1, -0.05) is 36.4 Å². The number of hydrogen-bond donors (Lipinski definition) is 0. The van der Waals surface area contributed by atoms with E-state index < -0.39 is 0 Å². The predicted molar refractivity (Wildman–Crippen MR) is 73.6 cm³/mol. The number of methoxy groups -OCH3 is 1. The highest BCUT2D eigenvalue weighted by molar-refractivity contribution is 5.84. The number of rotatable bonds is 4. The Labute approximate surface area is 108 Å². The molecule has 0 N–H and O–H groups in total. The number of benzene rings is 2. The van der Waals surface area contributed by atoms with Crippen LogP contribution in [-0.2, 0) is 16.0 Å². The van der Waals surface area contributed by atoms with Crippen molar-refractivity contribution >= 4 is 16.7 Å². The second kappa shape index (κ2) is 5.67. The van der Waals surface area contributed by atoms with E-state index in [0.717, 1.165) is 12.8 Å². The smallest absolute Gasteiger partial charge is 0.305 e. The normalized spacial score (nSPS) is 10.6. The maximum atomic E-state index is 11.1. The number of fused-ring (bicyclic) bond motifs is 1. The summed E-state index contributed by atoms with van der Waals surface area (Å²) >= 11 is 0. The zero-order valence-electron chi connectivity index (χ0n) is 10.9. The van der Waals surface area contributed by atoms with Crippen LogP contribution >= 0.6 is 0 Å². The van der Waals surface area contributed by atoms with E-state index in [0.29, 0.717) is 6.42 Å². The Balaban J connectivity index is 2.13. The van der Waals surface area contributed by atoms with Gasteiger partial charge in [-0.3, -0.25) is 4.79 Å². The van der Waals surface area contributed by atoms with Crippen molar-refractivity contribution in [3.05, 3.63) is 47.5 Å². The molecule has 0 bridgehead atoms. The van der Waals surface area contributed by atoms with E-state index in [1.165, 1.54) is 29.0 Å². The van der Waals surface area contributed by atoms with E-state index in [2.05, 4.69) is 48.1 Å². The first kappa shape index (κ1) is 12.6. The molecule has 0 saturated carbocycles. The van der Waals surface area contributed by atoms with Crippen LogP contribution in [0, 0.1) is 6.92 Å². The minimum atomic E-state index is -0.131. The van der Waals surface area contributed by atoms with Gasteiger partial charge in [-0.2, -0.15) is 0 Å². The van der Waals surface area contributed by atoms with E-state index >= 15 is 0 Å². The molecule has 0 heterocycles. The largest absolute Gasteiger partial charge is 0.469 e. The van der Waals surface area contributed by atoms with Gasteiger partial charge in [0.1, 0.15) is 0 Å². The van der Waals surface area contributed by atoms with Crippen molar-refractivity contribution < 1.29 is 9.53 Å². The Morgan fingerprint density at radius 3 is 2.50 bits per heavy atom. The Kier molecular flexibility index (Phi) is 3.98. The van der Waals surface area contributed by atoms with Gasteiger partial charge in [0.25, 0.3) is 0 Å². The Morgan fingerprint density at radius 2 is 1.83 bits per heavy atom. The molecule has 0 aromatic heterocycles. The third-order valence-electron chi connectivity index (χ3n) is 3.26. The number of carbonyl (C=O) groups excluding carboxylic acids is 1. The van der Waals surface area contributed by atoms with Crippen molar-refractivity contribution in [3.63, 3.8) is 0 Å². The fraction of sp³-hybridized carbons (Fsp3) is 0.312. The molecule has 0 fully saturated rings. The molecule has 0 unspecified atom stereocenters. The Bertz CT molecular complexity index is 558. The lowest BCUT2D eigenvalue weighted by Crippen LogP contribution is -2.01. The fourth-order valence-corrected chi connectivity index (χ4v) is 2.20. The van der Waals surface area contributed by atoms with E-state index in [4.69, 9.17) is 0 Å². The van der Waals surface area contributed by atoms with E-state index in [-0.39, 0.29) is 5.97 Å². The molecule has 0 aliphatic carbocycles. The molecule has 2 heteroatoms. The minimum Gasteiger partial charge on any atom is -0.469 e. The summed E-state index contributed by atoms with van der Waals surface area (Å²) in [6.07, 6.45) is 2.25. The topological polar surface area (TPSA) is 26.3 Å². The van der Waals surface area contributed by atoms with Crippen LogP contribution in [0.5, 0.6) is 0 Å². The zero-order valence-corrected chi connectivity index (χ0v) is 10.9. The number of carbonyl (C=O) groups is 1. The number of esters is 1. The van der Waals surface area contributed by atoms with E-state index in [9.17, 15) is 4.79 Å². The van der Waals surface area contributed by atoms with Crippen molar-refractivity contribution in [2.75, 3.05) is 7.11 Å². The lowest BCUT2D eigenvalue weighted by atomic mass is 9.98. The maximum Gasteiger partial charge on any atom is 0.305 e. The molecule has 2 nitrogen and oxygen atoms in total. The minimum absolute atomic E-state index is 0.131. The predicted octanol–water partition coefficient (Wildman–Crippen LogP) is 3.64. The van der Waals surface area contributed by atoms with Crippen LogP contribution in [0.3, 0.4) is 0 Å². The molecule has 0 amide bonds. The van der Waals surface area contributed by atoms with Crippen LogP contribution in [0.4, 0.5) is 0 Å². The maximum absolute atomic E-state index is 11.1. The lowest BCUT2D eigenvalue weighted by molar-refractivity contribution is -0.140. The quantitative estimate of drug-likeness (QED) is 0.765. The molecular weight excluding hydrogens is 224 g/mol. The van der Waals surface area contributed by atoms with Crippen LogP contribution in [0.2, 0.25) is 0 Å². The summed E-state index contributed by atoms with van der Waals surface area (Å²) in [7, 11) is 1.43. The zero-order chi connectivity index (χ0) is 13.0. The number of hydrogen-bond acceptors (Lipinski definition) is 2. The summed E-state index contributed by atoms with van der Waals surface area (Å²) in [4.78, 5) is 11.1.